The normalized spacial score (nSPS) is 20.2. The lowest BCUT2D eigenvalue weighted by atomic mass is 9.76. The number of aryl methyl sites for hydroxylation is 1. The van der Waals surface area contributed by atoms with Crippen molar-refractivity contribution in [3.63, 3.8) is 0 Å². The predicted octanol–water partition coefficient (Wildman–Crippen LogP) is 5.03. The number of aromatic nitrogens is 1. The zero-order valence-electron chi connectivity index (χ0n) is 18.5. The lowest BCUT2D eigenvalue weighted by molar-refractivity contribution is 0.0913. The summed E-state index contributed by atoms with van der Waals surface area (Å²) in [6, 6.07) is 11.2. The first-order chi connectivity index (χ1) is 14.6. The Kier molecular flexibility index (Phi) is 4.39. The molecule has 0 spiro atoms. The molecule has 1 aliphatic heterocycles. The van der Waals surface area contributed by atoms with Crippen molar-refractivity contribution in [3.05, 3.63) is 58.8 Å². The second kappa shape index (κ2) is 6.70. The average Bonchev–Trinajstić information content (AvgIpc) is 3.21. The highest BCUT2D eigenvalue weighted by molar-refractivity contribution is 7.93. The Bertz CT molecular complexity index is 1330. The van der Waals surface area contributed by atoms with Gasteiger partial charge in [-0.1, -0.05) is 39.0 Å². The number of para-hydroxylation sites is 1. The summed E-state index contributed by atoms with van der Waals surface area (Å²) < 4.78 is 29.3. The number of ketones is 1. The zero-order valence-corrected chi connectivity index (χ0v) is 19.3. The van der Waals surface area contributed by atoms with Crippen LogP contribution in [0, 0.1) is 5.41 Å². The number of Topliss-reactive ketones (excluding diaryl/α,β-unsaturated/α-hetero) is 1. The van der Waals surface area contributed by atoms with E-state index in [1.807, 2.05) is 44.2 Å². The van der Waals surface area contributed by atoms with E-state index in [9.17, 15) is 13.2 Å². The van der Waals surface area contributed by atoms with Crippen LogP contribution in [-0.2, 0) is 29.3 Å². The molecule has 0 saturated carbocycles. The van der Waals surface area contributed by atoms with Crippen LogP contribution in [0.15, 0.2) is 41.3 Å². The van der Waals surface area contributed by atoms with Crippen LogP contribution in [0.1, 0.15) is 61.3 Å². The van der Waals surface area contributed by atoms with Gasteiger partial charge in [0.05, 0.1) is 10.6 Å². The first-order valence-electron chi connectivity index (χ1n) is 11.0. The maximum absolute atomic E-state index is 13.9. The molecule has 1 aromatic heterocycles. The largest absolute Gasteiger partial charge is 0.358 e. The molecule has 162 valence electrons. The van der Waals surface area contributed by atoms with Crippen LogP contribution in [0.4, 0.5) is 5.69 Å². The lowest BCUT2D eigenvalue weighted by Crippen LogP contribution is -2.36. The van der Waals surface area contributed by atoms with Crippen molar-refractivity contribution < 1.29 is 13.2 Å². The Balaban J connectivity index is 1.70. The molecule has 2 heterocycles. The van der Waals surface area contributed by atoms with E-state index in [0.717, 1.165) is 45.4 Å². The number of hydrogen-bond donors (Lipinski definition) is 1. The minimum Gasteiger partial charge on any atom is -0.358 e. The van der Waals surface area contributed by atoms with E-state index in [0.29, 0.717) is 24.2 Å². The summed E-state index contributed by atoms with van der Waals surface area (Å²) in [4.78, 5) is 16.6. The van der Waals surface area contributed by atoms with Gasteiger partial charge in [-0.25, -0.2) is 8.42 Å². The number of benzene rings is 2. The molecule has 1 atom stereocenters. The van der Waals surface area contributed by atoms with E-state index in [-0.39, 0.29) is 17.2 Å². The quantitative estimate of drug-likeness (QED) is 0.626. The maximum atomic E-state index is 13.9. The van der Waals surface area contributed by atoms with Crippen molar-refractivity contribution in [1.29, 1.82) is 0 Å². The third kappa shape index (κ3) is 3.03. The summed E-state index contributed by atoms with van der Waals surface area (Å²) in [5.74, 6) is 0.136. The molecule has 0 bridgehead atoms. The van der Waals surface area contributed by atoms with E-state index in [4.69, 9.17) is 0 Å². The minimum absolute atomic E-state index is 0.0951. The minimum atomic E-state index is -3.74. The Hall–Kier alpha value is -2.60. The van der Waals surface area contributed by atoms with Crippen molar-refractivity contribution in [2.75, 3.05) is 4.31 Å². The summed E-state index contributed by atoms with van der Waals surface area (Å²) in [6.45, 7) is 8.11. The Labute approximate surface area is 183 Å². The van der Waals surface area contributed by atoms with Gasteiger partial charge in [0.1, 0.15) is 0 Å². The molecule has 1 aliphatic carbocycles. The van der Waals surface area contributed by atoms with Crippen molar-refractivity contribution in [2.24, 2.45) is 5.41 Å². The van der Waals surface area contributed by atoms with E-state index < -0.39 is 10.0 Å². The number of sulfonamides is 1. The molecule has 31 heavy (non-hydrogen) atoms. The summed E-state index contributed by atoms with van der Waals surface area (Å²) >= 11 is 0. The molecule has 2 aromatic carbocycles. The third-order valence-corrected chi connectivity index (χ3v) is 8.70. The van der Waals surface area contributed by atoms with Crippen LogP contribution in [-0.4, -0.2) is 25.2 Å². The number of rotatable bonds is 3. The number of nitrogens with zero attached hydrogens (tertiary/aromatic N) is 1. The Morgan fingerprint density at radius 2 is 1.90 bits per heavy atom. The molecular weight excluding hydrogens is 408 g/mol. The molecule has 0 amide bonds. The van der Waals surface area contributed by atoms with Gasteiger partial charge in [-0.05, 0) is 60.9 Å². The number of H-pyrrole nitrogens is 1. The fourth-order valence-electron chi connectivity index (χ4n) is 5.36. The molecule has 0 unspecified atom stereocenters. The standard InChI is InChI=1S/C25H28N2O3S/c1-5-16-11-18-19(26-20-13-25(3,4)14-22(28)24(18)20)12-23(16)31(29,30)27-15(2)10-17-8-6-7-9-21(17)27/h6-9,11-12,15,26H,5,10,13-14H2,1-4H3/t15-/m1/s1. The predicted molar refractivity (Wildman–Crippen MR) is 123 cm³/mol. The number of fused-ring (bicyclic) bond motifs is 4. The Morgan fingerprint density at radius 3 is 2.65 bits per heavy atom. The monoisotopic (exact) mass is 436 g/mol. The van der Waals surface area contributed by atoms with Gasteiger partial charge in [0.25, 0.3) is 10.0 Å². The number of hydrogen-bond acceptors (Lipinski definition) is 3. The van der Waals surface area contributed by atoms with Gasteiger partial charge in [-0.15, -0.1) is 0 Å². The highest BCUT2D eigenvalue weighted by Crippen LogP contribution is 2.41. The number of carbonyl (C=O) groups is 1. The molecule has 5 nitrogen and oxygen atoms in total. The highest BCUT2D eigenvalue weighted by Gasteiger charge is 2.38. The molecular formula is C25H28N2O3S. The van der Waals surface area contributed by atoms with Crippen molar-refractivity contribution >= 4 is 32.4 Å². The van der Waals surface area contributed by atoms with Crippen molar-refractivity contribution in [1.82, 2.24) is 4.98 Å². The van der Waals surface area contributed by atoms with Gasteiger partial charge in [-0.3, -0.25) is 9.10 Å². The second-order valence-corrected chi connectivity index (χ2v) is 11.5. The van der Waals surface area contributed by atoms with E-state index >= 15 is 0 Å². The molecule has 6 heteroatoms. The van der Waals surface area contributed by atoms with Gasteiger partial charge in [-0.2, -0.15) is 0 Å². The third-order valence-electron chi connectivity index (χ3n) is 6.69. The van der Waals surface area contributed by atoms with Gasteiger partial charge in [0.2, 0.25) is 0 Å². The molecule has 1 N–H and O–H groups in total. The van der Waals surface area contributed by atoms with Crippen LogP contribution in [0.25, 0.3) is 10.9 Å². The first kappa shape index (κ1) is 20.3. The lowest BCUT2D eigenvalue weighted by Gasteiger charge is -2.28. The average molecular weight is 437 g/mol. The second-order valence-electron chi connectivity index (χ2n) is 9.76. The van der Waals surface area contributed by atoms with Crippen LogP contribution < -0.4 is 4.31 Å². The molecule has 5 rings (SSSR count). The van der Waals surface area contributed by atoms with Gasteiger partial charge >= 0.3 is 0 Å². The van der Waals surface area contributed by atoms with Crippen LogP contribution >= 0.6 is 0 Å². The van der Waals surface area contributed by atoms with E-state index in [1.165, 1.54) is 0 Å². The summed E-state index contributed by atoms with van der Waals surface area (Å²) in [5.41, 5.74) is 4.87. The molecule has 0 saturated heterocycles. The molecule has 0 fully saturated rings. The maximum Gasteiger partial charge on any atom is 0.264 e. The van der Waals surface area contributed by atoms with E-state index in [2.05, 4.69) is 18.8 Å². The SMILES string of the molecule is CCc1cc2c3c([nH]c2cc1S(=O)(=O)N1c2ccccc2C[C@H]1C)CC(C)(C)CC3=O. The number of aromatic amines is 1. The summed E-state index contributed by atoms with van der Waals surface area (Å²) in [6.07, 6.45) is 2.58. The van der Waals surface area contributed by atoms with Crippen LogP contribution in [0.3, 0.4) is 0 Å². The van der Waals surface area contributed by atoms with Crippen molar-refractivity contribution in [3.8, 4) is 0 Å². The fourth-order valence-corrected chi connectivity index (χ4v) is 7.36. The number of anilines is 1. The zero-order chi connectivity index (χ0) is 22.1. The molecule has 3 aromatic rings. The van der Waals surface area contributed by atoms with Gasteiger partial charge in [0.15, 0.2) is 5.78 Å². The molecule has 0 radical (unpaired) electrons. The van der Waals surface area contributed by atoms with Crippen LogP contribution in [0.5, 0.6) is 0 Å². The molecule has 2 aliphatic rings. The van der Waals surface area contributed by atoms with Gasteiger partial charge < -0.3 is 4.98 Å². The van der Waals surface area contributed by atoms with Gasteiger partial charge in [0, 0.05) is 34.6 Å². The van der Waals surface area contributed by atoms with Crippen LogP contribution in [0.2, 0.25) is 0 Å². The first-order valence-corrected chi connectivity index (χ1v) is 12.4. The highest BCUT2D eigenvalue weighted by atomic mass is 32.2. The topological polar surface area (TPSA) is 70.2 Å². The number of nitrogens with one attached hydrogen (secondary N) is 1. The smallest absolute Gasteiger partial charge is 0.264 e. The summed E-state index contributed by atoms with van der Waals surface area (Å²) in [5, 5.41) is 0.848. The Morgan fingerprint density at radius 1 is 1.16 bits per heavy atom. The van der Waals surface area contributed by atoms with Crippen molar-refractivity contribution in [2.45, 2.75) is 64.3 Å². The summed E-state index contributed by atoms with van der Waals surface area (Å²) in [7, 11) is -3.74. The van der Waals surface area contributed by atoms with E-state index in [1.54, 1.807) is 10.4 Å². The fraction of sp³-hybridized carbons (Fsp3) is 0.400. The number of carbonyl (C=O) groups excluding carboxylic acids is 1.